The van der Waals surface area contributed by atoms with Crippen LogP contribution < -0.4 is 0 Å². The predicted molar refractivity (Wildman–Crippen MR) is 120 cm³/mol. The molecule has 29 heavy (non-hydrogen) atoms. The van der Waals surface area contributed by atoms with Gasteiger partial charge in [0, 0.05) is 6.42 Å². The van der Waals surface area contributed by atoms with Gasteiger partial charge in [0.1, 0.15) is 11.5 Å². The van der Waals surface area contributed by atoms with E-state index in [4.69, 9.17) is 0 Å². The Morgan fingerprint density at radius 3 is 1.38 bits per heavy atom. The molecule has 2 aliphatic carbocycles. The lowest BCUT2D eigenvalue weighted by atomic mass is 9.80. The summed E-state index contributed by atoms with van der Waals surface area (Å²) in [6, 6.07) is 8.29. The van der Waals surface area contributed by atoms with Crippen molar-refractivity contribution in [2.45, 2.75) is 96.3 Å². The van der Waals surface area contributed by atoms with Crippen LogP contribution in [0.4, 0.5) is 0 Å². The molecule has 0 atom stereocenters. The van der Waals surface area contributed by atoms with Crippen LogP contribution in [-0.2, 0) is 6.42 Å². The monoisotopic (exact) mass is 392 g/mol. The summed E-state index contributed by atoms with van der Waals surface area (Å²) in [5.41, 5.74) is 7.03. The Hall–Kier alpha value is -1.96. The lowest BCUT2D eigenvalue weighted by Gasteiger charge is -2.25. The Labute approximate surface area is 176 Å². The van der Waals surface area contributed by atoms with E-state index in [1.807, 2.05) is 12.1 Å². The molecule has 2 aromatic carbocycles. The van der Waals surface area contributed by atoms with Gasteiger partial charge >= 0.3 is 0 Å². The molecule has 0 amide bonds. The molecule has 2 nitrogen and oxygen atoms in total. The average molecular weight is 393 g/mol. The van der Waals surface area contributed by atoms with Gasteiger partial charge in [0.05, 0.1) is 0 Å². The number of aromatic hydroxyl groups is 2. The fourth-order valence-electron chi connectivity index (χ4n) is 5.74. The Balaban J connectivity index is 1.57. The maximum atomic E-state index is 10.7. The third-order valence-corrected chi connectivity index (χ3v) is 7.41. The first-order valence-corrected chi connectivity index (χ1v) is 11.7. The van der Waals surface area contributed by atoms with Gasteiger partial charge in [-0.1, -0.05) is 50.7 Å². The van der Waals surface area contributed by atoms with Crippen molar-refractivity contribution in [2.24, 2.45) is 0 Å². The highest BCUT2D eigenvalue weighted by Crippen LogP contribution is 2.40. The first-order valence-electron chi connectivity index (χ1n) is 11.7. The second-order valence-electron chi connectivity index (χ2n) is 9.52. The van der Waals surface area contributed by atoms with Crippen molar-refractivity contribution in [1.82, 2.24) is 0 Å². The molecule has 0 saturated heterocycles. The fraction of sp³-hybridized carbons (Fsp3) is 0.556. The van der Waals surface area contributed by atoms with Crippen LogP contribution in [0.2, 0.25) is 0 Å². The van der Waals surface area contributed by atoms with E-state index < -0.39 is 0 Å². The summed E-state index contributed by atoms with van der Waals surface area (Å²) >= 11 is 0. The molecule has 2 aliphatic rings. The summed E-state index contributed by atoms with van der Waals surface area (Å²) in [6.07, 6.45) is 13.4. The Morgan fingerprint density at radius 1 is 0.621 bits per heavy atom. The Kier molecular flexibility index (Phi) is 6.18. The first kappa shape index (κ1) is 20.3. The van der Waals surface area contributed by atoms with Gasteiger partial charge in [-0.05, 0) is 96.9 Å². The minimum atomic E-state index is 0.379. The van der Waals surface area contributed by atoms with Gasteiger partial charge in [0.2, 0.25) is 0 Å². The van der Waals surface area contributed by atoms with E-state index in [0.29, 0.717) is 29.8 Å². The van der Waals surface area contributed by atoms with E-state index in [0.717, 1.165) is 11.1 Å². The zero-order valence-electron chi connectivity index (χ0n) is 18.1. The van der Waals surface area contributed by atoms with Gasteiger partial charge in [-0.3, -0.25) is 0 Å². The number of rotatable bonds is 4. The molecule has 0 aromatic heterocycles. The van der Waals surface area contributed by atoms with Crippen molar-refractivity contribution in [3.05, 3.63) is 57.6 Å². The number of phenols is 2. The molecule has 2 saturated carbocycles. The molecular formula is C27H36O2. The average Bonchev–Trinajstić information content (AvgIpc) is 2.74. The minimum absolute atomic E-state index is 0.379. The Morgan fingerprint density at radius 2 is 1.00 bits per heavy atom. The van der Waals surface area contributed by atoms with Crippen molar-refractivity contribution >= 4 is 0 Å². The summed E-state index contributed by atoms with van der Waals surface area (Å²) < 4.78 is 0. The maximum Gasteiger partial charge on any atom is 0.119 e. The molecule has 0 aliphatic heterocycles. The van der Waals surface area contributed by atoms with E-state index in [-0.39, 0.29) is 0 Å². The van der Waals surface area contributed by atoms with Gasteiger partial charge in [-0.2, -0.15) is 0 Å². The lowest BCUT2D eigenvalue weighted by Crippen LogP contribution is -2.07. The van der Waals surface area contributed by atoms with Gasteiger partial charge in [0.15, 0.2) is 0 Å². The summed E-state index contributed by atoms with van der Waals surface area (Å²) in [7, 11) is 0. The van der Waals surface area contributed by atoms with Crippen LogP contribution in [0.15, 0.2) is 24.3 Å². The molecule has 2 heteroatoms. The summed E-state index contributed by atoms with van der Waals surface area (Å²) in [5, 5.41) is 21.5. The van der Waals surface area contributed by atoms with Crippen LogP contribution in [0, 0.1) is 13.8 Å². The molecule has 0 heterocycles. The number of aryl methyl sites for hydroxylation is 2. The number of phenolic OH excluding ortho intramolecular Hbond substituents is 2. The molecule has 0 unspecified atom stereocenters. The normalized spacial score (nSPS) is 18.8. The van der Waals surface area contributed by atoms with E-state index >= 15 is 0 Å². The van der Waals surface area contributed by atoms with Crippen molar-refractivity contribution in [3.8, 4) is 11.5 Å². The Bertz CT molecular complexity index is 784. The molecule has 2 aromatic rings. The number of benzene rings is 2. The van der Waals surface area contributed by atoms with Gasteiger partial charge in [0.25, 0.3) is 0 Å². The molecule has 0 spiro atoms. The molecule has 2 N–H and O–H groups in total. The van der Waals surface area contributed by atoms with Crippen molar-refractivity contribution in [1.29, 1.82) is 0 Å². The SMILES string of the molecule is Cc1cc(Cc2cc(C)c(C3CCCCC3)cc2O)c(O)cc1C1CCCCC1. The summed E-state index contributed by atoms with van der Waals surface area (Å²) in [5.74, 6) is 1.94. The van der Waals surface area contributed by atoms with Crippen molar-refractivity contribution < 1.29 is 10.2 Å². The number of hydrogen-bond donors (Lipinski definition) is 2. The van der Waals surface area contributed by atoms with Crippen LogP contribution in [0.3, 0.4) is 0 Å². The van der Waals surface area contributed by atoms with Crippen LogP contribution >= 0.6 is 0 Å². The third-order valence-electron chi connectivity index (χ3n) is 7.41. The molecule has 4 rings (SSSR count). The van der Waals surface area contributed by atoms with Crippen LogP contribution in [0.5, 0.6) is 11.5 Å². The highest BCUT2D eigenvalue weighted by Gasteiger charge is 2.21. The van der Waals surface area contributed by atoms with Gasteiger partial charge in [-0.15, -0.1) is 0 Å². The number of hydrogen-bond acceptors (Lipinski definition) is 2. The zero-order valence-corrected chi connectivity index (χ0v) is 18.1. The fourth-order valence-corrected chi connectivity index (χ4v) is 5.74. The van der Waals surface area contributed by atoms with Crippen molar-refractivity contribution in [2.75, 3.05) is 0 Å². The van der Waals surface area contributed by atoms with E-state index in [2.05, 4.69) is 26.0 Å². The topological polar surface area (TPSA) is 40.5 Å². The summed E-state index contributed by atoms with van der Waals surface area (Å²) in [4.78, 5) is 0. The largest absolute Gasteiger partial charge is 0.508 e. The second-order valence-corrected chi connectivity index (χ2v) is 9.52. The highest BCUT2D eigenvalue weighted by atomic mass is 16.3. The standard InChI is InChI=1S/C27H36O2/c1-18-13-22(26(28)16-24(18)20-9-5-3-6-10-20)15-23-14-19(2)25(17-27(23)29)21-11-7-4-8-12-21/h13-14,16-17,20-21,28-29H,3-12,15H2,1-2H3. The van der Waals surface area contributed by atoms with Crippen LogP contribution in [-0.4, -0.2) is 10.2 Å². The first-order chi connectivity index (χ1) is 14.0. The van der Waals surface area contributed by atoms with Gasteiger partial charge < -0.3 is 10.2 Å². The van der Waals surface area contributed by atoms with Crippen LogP contribution in [0.1, 0.15) is 109 Å². The lowest BCUT2D eigenvalue weighted by molar-refractivity contribution is 0.434. The van der Waals surface area contributed by atoms with Gasteiger partial charge in [-0.25, -0.2) is 0 Å². The van der Waals surface area contributed by atoms with E-state index in [9.17, 15) is 10.2 Å². The minimum Gasteiger partial charge on any atom is -0.508 e. The van der Waals surface area contributed by atoms with E-state index in [1.54, 1.807) is 0 Å². The van der Waals surface area contributed by atoms with Crippen LogP contribution in [0.25, 0.3) is 0 Å². The molecular weight excluding hydrogens is 356 g/mol. The van der Waals surface area contributed by atoms with Crippen molar-refractivity contribution in [3.63, 3.8) is 0 Å². The zero-order chi connectivity index (χ0) is 20.4. The highest BCUT2D eigenvalue weighted by molar-refractivity contribution is 5.49. The smallest absolute Gasteiger partial charge is 0.119 e. The maximum absolute atomic E-state index is 10.7. The van der Waals surface area contributed by atoms with E-state index in [1.165, 1.54) is 86.5 Å². The molecule has 2 fully saturated rings. The third kappa shape index (κ3) is 4.47. The molecule has 0 bridgehead atoms. The second kappa shape index (κ2) is 8.81. The predicted octanol–water partition coefficient (Wildman–Crippen LogP) is 7.40. The molecule has 0 radical (unpaired) electrons. The summed E-state index contributed by atoms with van der Waals surface area (Å²) in [6.45, 7) is 4.34. The molecule has 156 valence electrons. The quantitative estimate of drug-likeness (QED) is 0.569.